The Morgan fingerprint density at radius 1 is 1.06 bits per heavy atom. The van der Waals surface area contributed by atoms with E-state index in [1.165, 1.54) is 10.7 Å². The van der Waals surface area contributed by atoms with Crippen molar-refractivity contribution in [2.24, 2.45) is 0 Å². The van der Waals surface area contributed by atoms with E-state index in [-0.39, 0.29) is 17.9 Å². The molecule has 0 aliphatic heterocycles. The largest absolute Gasteiger partial charge is 0.493 e. The standard InChI is InChI=1S/C23H20FN5O3/c1-31-19-10-9-15(12-20(19)32-2)13-26-23(30)21-22(16-6-5-11-25-14-16)29(28-27-21)18-8-4-3-7-17(18)24/h3-12,14H,13H2,1-2H3,(H,26,30). The molecule has 0 saturated carbocycles. The van der Waals surface area contributed by atoms with Crippen molar-refractivity contribution in [3.05, 3.63) is 84.1 Å². The van der Waals surface area contributed by atoms with E-state index in [1.54, 1.807) is 69.1 Å². The summed E-state index contributed by atoms with van der Waals surface area (Å²) in [5.41, 5.74) is 1.96. The van der Waals surface area contributed by atoms with E-state index in [1.807, 2.05) is 6.07 Å². The highest BCUT2D eigenvalue weighted by molar-refractivity contribution is 5.98. The zero-order chi connectivity index (χ0) is 22.5. The quantitative estimate of drug-likeness (QED) is 0.480. The molecule has 0 spiro atoms. The number of carbonyl (C=O) groups excluding carboxylic acids is 1. The maximum Gasteiger partial charge on any atom is 0.274 e. The van der Waals surface area contributed by atoms with Gasteiger partial charge in [0.1, 0.15) is 17.2 Å². The van der Waals surface area contributed by atoms with Crippen LogP contribution >= 0.6 is 0 Å². The Morgan fingerprint density at radius 2 is 1.88 bits per heavy atom. The Morgan fingerprint density at radius 3 is 2.59 bits per heavy atom. The number of amides is 1. The topological polar surface area (TPSA) is 91.2 Å². The highest BCUT2D eigenvalue weighted by Crippen LogP contribution is 2.28. The van der Waals surface area contributed by atoms with E-state index in [9.17, 15) is 9.18 Å². The van der Waals surface area contributed by atoms with Crippen molar-refractivity contribution in [2.75, 3.05) is 14.2 Å². The SMILES string of the molecule is COc1ccc(CNC(=O)c2nnn(-c3ccccc3F)c2-c2cccnc2)cc1OC. The van der Waals surface area contributed by atoms with Crippen LogP contribution in [0.3, 0.4) is 0 Å². The fraction of sp³-hybridized carbons (Fsp3) is 0.130. The molecule has 0 saturated heterocycles. The van der Waals surface area contributed by atoms with Crippen LogP contribution in [-0.4, -0.2) is 40.1 Å². The lowest BCUT2D eigenvalue weighted by Gasteiger charge is -2.11. The van der Waals surface area contributed by atoms with Crippen LogP contribution in [0.5, 0.6) is 11.5 Å². The van der Waals surface area contributed by atoms with Gasteiger partial charge in [-0.1, -0.05) is 23.4 Å². The van der Waals surface area contributed by atoms with Crippen LogP contribution < -0.4 is 14.8 Å². The predicted molar refractivity (Wildman–Crippen MR) is 115 cm³/mol. The van der Waals surface area contributed by atoms with Crippen LogP contribution in [0.15, 0.2) is 67.0 Å². The Hall–Kier alpha value is -4.27. The normalized spacial score (nSPS) is 10.6. The third-order valence-corrected chi connectivity index (χ3v) is 4.80. The van der Waals surface area contributed by atoms with E-state index in [0.29, 0.717) is 22.8 Å². The summed E-state index contributed by atoms with van der Waals surface area (Å²) in [6, 6.07) is 15.0. The number of nitrogens with zero attached hydrogens (tertiary/aromatic N) is 4. The summed E-state index contributed by atoms with van der Waals surface area (Å²) in [7, 11) is 3.10. The Balaban J connectivity index is 1.66. The molecule has 162 valence electrons. The lowest BCUT2D eigenvalue weighted by atomic mass is 10.1. The molecule has 0 atom stereocenters. The second-order valence-corrected chi connectivity index (χ2v) is 6.76. The van der Waals surface area contributed by atoms with Gasteiger partial charge >= 0.3 is 0 Å². The first-order valence-corrected chi connectivity index (χ1v) is 9.72. The summed E-state index contributed by atoms with van der Waals surface area (Å²) in [5.74, 6) is 0.205. The molecule has 0 aliphatic carbocycles. The third kappa shape index (κ3) is 4.13. The summed E-state index contributed by atoms with van der Waals surface area (Å²) in [6.45, 7) is 0.220. The maximum atomic E-state index is 14.5. The van der Waals surface area contributed by atoms with Crippen LogP contribution in [0.1, 0.15) is 16.1 Å². The first kappa shape index (κ1) is 21.0. The van der Waals surface area contributed by atoms with E-state index in [2.05, 4.69) is 20.6 Å². The average molecular weight is 433 g/mol. The number of halogens is 1. The predicted octanol–water partition coefficient (Wildman–Crippen LogP) is 3.42. The number of para-hydroxylation sites is 1. The molecule has 0 aliphatic rings. The smallest absolute Gasteiger partial charge is 0.274 e. The summed E-state index contributed by atoms with van der Waals surface area (Å²) < 4.78 is 26.3. The van der Waals surface area contributed by atoms with Gasteiger partial charge in [0, 0.05) is 24.5 Å². The minimum Gasteiger partial charge on any atom is -0.493 e. The molecule has 0 radical (unpaired) electrons. The molecule has 32 heavy (non-hydrogen) atoms. The van der Waals surface area contributed by atoms with Crippen molar-refractivity contribution in [3.63, 3.8) is 0 Å². The second-order valence-electron chi connectivity index (χ2n) is 6.76. The maximum absolute atomic E-state index is 14.5. The molecule has 0 bridgehead atoms. The van der Waals surface area contributed by atoms with Crippen molar-refractivity contribution in [1.82, 2.24) is 25.3 Å². The molecule has 4 aromatic rings. The first-order valence-electron chi connectivity index (χ1n) is 9.72. The van der Waals surface area contributed by atoms with Gasteiger partial charge in [0.15, 0.2) is 17.2 Å². The molecule has 2 aromatic heterocycles. The van der Waals surface area contributed by atoms with Gasteiger partial charge in [-0.25, -0.2) is 9.07 Å². The Bertz CT molecular complexity index is 1240. The minimum atomic E-state index is -0.486. The number of ether oxygens (including phenoxy) is 2. The fourth-order valence-electron chi connectivity index (χ4n) is 3.25. The van der Waals surface area contributed by atoms with Gasteiger partial charge < -0.3 is 14.8 Å². The molecular formula is C23H20FN5O3. The van der Waals surface area contributed by atoms with Crippen LogP contribution in [0.25, 0.3) is 16.9 Å². The molecule has 9 heteroatoms. The summed E-state index contributed by atoms with van der Waals surface area (Å²) in [6.07, 6.45) is 3.18. The van der Waals surface area contributed by atoms with E-state index in [0.717, 1.165) is 5.56 Å². The number of nitrogens with one attached hydrogen (secondary N) is 1. The van der Waals surface area contributed by atoms with Crippen LogP contribution in [0, 0.1) is 5.82 Å². The lowest BCUT2D eigenvalue weighted by Crippen LogP contribution is -2.24. The van der Waals surface area contributed by atoms with E-state index < -0.39 is 11.7 Å². The van der Waals surface area contributed by atoms with Crippen molar-refractivity contribution in [1.29, 1.82) is 0 Å². The number of aromatic nitrogens is 4. The van der Waals surface area contributed by atoms with Crippen molar-refractivity contribution in [2.45, 2.75) is 6.54 Å². The molecule has 0 unspecified atom stereocenters. The van der Waals surface area contributed by atoms with E-state index in [4.69, 9.17) is 9.47 Å². The number of rotatable bonds is 7. The zero-order valence-corrected chi connectivity index (χ0v) is 17.4. The highest BCUT2D eigenvalue weighted by atomic mass is 19.1. The second kappa shape index (κ2) is 9.25. The highest BCUT2D eigenvalue weighted by Gasteiger charge is 2.23. The summed E-state index contributed by atoms with van der Waals surface area (Å²) >= 11 is 0. The molecule has 0 fully saturated rings. The molecular weight excluding hydrogens is 413 g/mol. The number of hydrogen-bond acceptors (Lipinski definition) is 6. The van der Waals surface area contributed by atoms with Gasteiger partial charge in [0.05, 0.1) is 14.2 Å². The van der Waals surface area contributed by atoms with Crippen LogP contribution in [-0.2, 0) is 6.54 Å². The number of pyridine rings is 1. The number of hydrogen-bond donors (Lipinski definition) is 1. The van der Waals surface area contributed by atoms with Gasteiger partial charge in [0.2, 0.25) is 0 Å². The molecule has 2 aromatic carbocycles. The third-order valence-electron chi connectivity index (χ3n) is 4.80. The van der Waals surface area contributed by atoms with Crippen molar-refractivity contribution in [3.8, 4) is 28.4 Å². The summed E-state index contributed by atoms with van der Waals surface area (Å²) in [4.78, 5) is 17.1. The van der Waals surface area contributed by atoms with Crippen LogP contribution in [0.4, 0.5) is 4.39 Å². The number of benzene rings is 2. The Kier molecular flexibility index (Phi) is 6.07. The average Bonchev–Trinajstić information content (AvgIpc) is 3.28. The lowest BCUT2D eigenvalue weighted by molar-refractivity contribution is 0.0946. The van der Waals surface area contributed by atoms with Crippen molar-refractivity contribution >= 4 is 5.91 Å². The molecule has 4 rings (SSSR count). The van der Waals surface area contributed by atoms with E-state index >= 15 is 0 Å². The van der Waals surface area contributed by atoms with Gasteiger partial charge in [-0.05, 0) is 42.0 Å². The zero-order valence-electron chi connectivity index (χ0n) is 17.4. The number of methoxy groups -OCH3 is 2. The van der Waals surface area contributed by atoms with Gasteiger partial charge in [-0.3, -0.25) is 9.78 Å². The van der Waals surface area contributed by atoms with Crippen molar-refractivity contribution < 1.29 is 18.7 Å². The summed E-state index contributed by atoms with van der Waals surface area (Å²) in [5, 5.41) is 10.9. The Labute approximate surface area is 183 Å². The number of carbonyl (C=O) groups is 1. The monoisotopic (exact) mass is 433 g/mol. The van der Waals surface area contributed by atoms with Crippen LogP contribution in [0.2, 0.25) is 0 Å². The van der Waals surface area contributed by atoms with Gasteiger partial charge in [-0.15, -0.1) is 5.10 Å². The molecule has 8 nitrogen and oxygen atoms in total. The van der Waals surface area contributed by atoms with Gasteiger partial charge in [-0.2, -0.15) is 0 Å². The minimum absolute atomic E-state index is 0.0572. The molecule has 1 N–H and O–H groups in total. The fourth-order valence-corrected chi connectivity index (χ4v) is 3.25. The van der Waals surface area contributed by atoms with Gasteiger partial charge in [0.25, 0.3) is 5.91 Å². The molecule has 2 heterocycles. The molecule has 1 amide bonds. The first-order chi connectivity index (χ1) is 15.6.